The van der Waals surface area contributed by atoms with E-state index in [1.54, 1.807) is 4.50 Å². The molecule has 0 aliphatic heterocycles. The van der Waals surface area contributed by atoms with Crippen molar-refractivity contribution in [3.8, 4) is 9.75 Å². The average molecular weight is 281 g/mol. The lowest BCUT2D eigenvalue weighted by Crippen LogP contribution is -2.43. The summed E-state index contributed by atoms with van der Waals surface area (Å²) in [6, 6.07) is 13.2. The summed E-state index contributed by atoms with van der Waals surface area (Å²) >= 11 is 3.89. The first-order chi connectivity index (χ1) is 8.25. The van der Waals surface area contributed by atoms with Crippen molar-refractivity contribution in [2.24, 2.45) is 0 Å². The minimum absolute atomic E-state index is 1.16. The third-order valence-electron chi connectivity index (χ3n) is 3.92. The third-order valence-corrected chi connectivity index (χ3v) is 12.8. The van der Waals surface area contributed by atoms with Crippen molar-refractivity contribution >= 4 is 35.2 Å². The monoisotopic (exact) mass is 280 g/mol. The molecule has 0 saturated carbocycles. The Morgan fingerprint density at radius 1 is 0.941 bits per heavy atom. The number of rotatable bonds is 5. The molecule has 0 fully saturated rings. The van der Waals surface area contributed by atoms with Gasteiger partial charge in [-0.15, -0.1) is 22.7 Å². The molecule has 0 aliphatic rings. The molecule has 92 valence electrons. The van der Waals surface area contributed by atoms with Crippen molar-refractivity contribution in [2.45, 2.75) is 38.9 Å². The van der Waals surface area contributed by atoms with Crippen molar-refractivity contribution < 1.29 is 0 Å². The standard InChI is InChI=1S/C14H20S2Si/c1-4-17(5-2,6-3)14-10-9-13(16-14)12-8-7-11-15-12/h7-11H,4-6H2,1-3H3. The quantitative estimate of drug-likeness (QED) is 0.661. The molecule has 2 aromatic rings. The Hall–Kier alpha value is -0.383. The zero-order valence-corrected chi connectivity index (χ0v) is 13.5. The van der Waals surface area contributed by atoms with Crippen LogP contribution in [0.25, 0.3) is 9.75 Å². The van der Waals surface area contributed by atoms with Crippen LogP contribution in [0.4, 0.5) is 0 Å². The third kappa shape index (κ3) is 2.42. The molecule has 2 rings (SSSR count). The minimum atomic E-state index is -1.16. The second-order valence-corrected chi connectivity index (χ2v) is 12.1. The van der Waals surface area contributed by atoms with Crippen LogP contribution in [-0.4, -0.2) is 8.07 Å². The second kappa shape index (κ2) is 5.51. The zero-order chi connectivity index (χ0) is 12.3. The highest BCUT2D eigenvalue weighted by Gasteiger charge is 2.30. The summed E-state index contributed by atoms with van der Waals surface area (Å²) < 4.78 is 1.70. The van der Waals surface area contributed by atoms with E-state index in [0.29, 0.717) is 0 Å². The fourth-order valence-corrected chi connectivity index (χ4v) is 9.52. The highest BCUT2D eigenvalue weighted by atomic mass is 32.1. The summed E-state index contributed by atoms with van der Waals surface area (Å²) in [5.41, 5.74) is 0. The van der Waals surface area contributed by atoms with E-state index in [0.717, 1.165) is 0 Å². The molecule has 0 spiro atoms. The van der Waals surface area contributed by atoms with Crippen molar-refractivity contribution in [3.63, 3.8) is 0 Å². The zero-order valence-electron chi connectivity index (χ0n) is 10.8. The maximum absolute atomic E-state index is 2.41. The van der Waals surface area contributed by atoms with E-state index in [1.807, 2.05) is 22.7 Å². The largest absolute Gasteiger partial charge is 0.144 e. The molecule has 0 unspecified atom stereocenters. The lowest BCUT2D eigenvalue weighted by atomic mass is 10.4. The SMILES string of the molecule is CC[Si](CC)(CC)c1ccc(-c2cccs2)s1. The summed E-state index contributed by atoms with van der Waals surface area (Å²) in [6.45, 7) is 7.14. The molecule has 0 nitrogen and oxygen atoms in total. The van der Waals surface area contributed by atoms with Gasteiger partial charge < -0.3 is 0 Å². The molecule has 0 aliphatic carbocycles. The second-order valence-electron chi connectivity index (χ2n) is 4.48. The van der Waals surface area contributed by atoms with Gasteiger partial charge in [0.2, 0.25) is 0 Å². The van der Waals surface area contributed by atoms with E-state index < -0.39 is 8.07 Å². The molecule has 0 atom stereocenters. The minimum Gasteiger partial charge on any atom is -0.144 e. The number of hydrogen-bond acceptors (Lipinski definition) is 2. The van der Waals surface area contributed by atoms with Crippen molar-refractivity contribution in [2.75, 3.05) is 0 Å². The molecule has 0 bridgehead atoms. The summed E-state index contributed by atoms with van der Waals surface area (Å²) in [4.78, 5) is 2.88. The molecule has 0 radical (unpaired) electrons. The molecular weight excluding hydrogens is 260 g/mol. The van der Waals surface area contributed by atoms with Gasteiger partial charge >= 0.3 is 0 Å². The van der Waals surface area contributed by atoms with Gasteiger partial charge in [0, 0.05) is 9.75 Å². The van der Waals surface area contributed by atoms with E-state index in [4.69, 9.17) is 0 Å². The van der Waals surface area contributed by atoms with Crippen LogP contribution < -0.4 is 4.50 Å². The van der Waals surface area contributed by atoms with Crippen molar-refractivity contribution in [1.29, 1.82) is 0 Å². The van der Waals surface area contributed by atoms with Crippen molar-refractivity contribution in [1.82, 2.24) is 0 Å². The highest BCUT2D eigenvalue weighted by Crippen LogP contribution is 2.31. The fraction of sp³-hybridized carbons (Fsp3) is 0.429. The summed E-state index contributed by atoms with van der Waals surface area (Å²) in [6.07, 6.45) is 0. The first kappa shape index (κ1) is 13.1. The summed E-state index contributed by atoms with van der Waals surface area (Å²) in [5, 5.41) is 2.17. The molecule has 0 amide bonds. The molecule has 0 aromatic carbocycles. The first-order valence-corrected chi connectivity index (χ1v) is 10.7. The van der Waals surface area contributed by atoms with Gasteiger partial charge in [-0.1, -0.05) is 51.0 Å². The van der Waals surface area contributed by atoms with E-state index in [1.165, 1.54) is 27.9 Å². The Morgan fingerprint density at radius 3 is 2.18 bits per heavy atom. The number of hydrogen-bond donors (Lipinski definition) is 0. The van der Waals surface area contributed by atoms with Gasteiger partial charge in [0.05, 0.1) is 8.07 Å². The van der Waals surface area contributed by atoms with Crippen LogP contribution in [0.15, 0.2) is 29.6 Å². The summed E-state index contributed by atoms with van der Waals surface area (Å²) in [5.74, 6) is 0. The van der Waals surface area contributed by atoms with E-state index in [9.17, 15) is 0 Å². The summed E-state index contributed by atoms with van der Waals surface area (Å²) in [7, 11) is -1.16. The Labute approximate surface area is 113 Å². The maximum Gasteiger partial charge on any atom is 0.0987 e. The van der Waals surface area contributed by atoms with Crippen LogP contribution in [-0.2, 0) is 0 Å². The predicted octanol–water partition coefficient (Wildman–Crippen LogP) is 5.19. The Kier molecular flexibility index (Phi) is 4.23. The Morgan fingerprint density at radius 2 is 1.65 bits per heavy atom. The van der Waals surface area contributed by atoms with Crippen LogP contribution in [0.5, 0.6) is 0 Å². The van der Waals surface area contributed by atoms with Gasteiger partial charge in [-0.05, 0) is 22.0 Å². The van der Waals surface area contributed by atoms with E-state index in [2.05, 4.69) is 50.4 Å². The van der Waals surface area contributed by atoms with Crippen LogP contribution in [0.3, 0.4) is 0 Å². The molecule has 0 N–H and O–H groups in total. The van der Waals surface area contributed by atoms with Crippen LogP contribution in [0.2, 0.25) is 18.1 Å². The topological polar surface area (TPSA) is 0 Å². The van der Waals surface area contributed by atoms with Gasteiger partial charge in [0.1, 0.15) is 0 Å². The maximum atomic E-state index is 2.41. The molecule has 2 aromatic heterocycles. The van der Waals surface area contributed by atoms with Crippen molar-refractivity contribution in [3.05, 3.63) is 29.6 Å². The van der Waals surface area contributed by atoms with Gasteiger partial charge in [-0.3, -0.25) is 0 Å². The lowest BCUT2D eigenvalue weighted by molar-refractivity contribution is 1.20. The fourth-order valence-electron chi connectivity index (χ4n) is 2.45. The van der Waals surface area contributed by atoms with Crippen LogP contribution in [0, 0.1) is 0 Å². The number of thiophene rings is 2. The van der Waals surface area contributed by atoms with Gasteiger partial charge in [-0.2, -0.15) is 0 Å². The predicted molar refractivity (Wildman–Crippen MR) is 84.5 cm³/mol. The molecule has 17 heavy (non-hydrogen) atoms. The smallest absolute Gasteiger partial charge is 0.0987 e. The highest BCUT2D eigenvalue weighted by molar-refractivity contribution is 7.31. The van der Waals surface area contributed by atoms with E-state index in [-0.39, 0.29) is 0 Å². The normalized spacial score (nSPS) is 11.9. The molecule has 0 saturated heterocycles. The molecule has 3 heteroatoms. The van der Waals surface area contributed by atoms with Crippen LogP contribution in [0.1, 0.15) is 20.8 Å². The van der Waals surface area contributed by atoms with Gasteiger partial charge in [0.25, 0.3) is 0 Å². The Balaban J connectivity index is 2.35. The molecule has 2 heterocycles. The van der Waals surface area contributed by atoms with Gasteiger partial charge in [-0.25, -0.2) is 0 Å². The Bertz CT molecular complexity index is 444. The van der Waals surface area contributed by atoms with E-state index >= 15 is 0 Å². The lowest BCUT2D eigenvalue weighted by Gasteiger charge is -2.26. The van der Waals surface area contributed by atoms with Gasteiger partial charge in [0.15, 0.2) is 0 Å². The average Bonchev–Trinajstić information content (AvgIpc) is 3.03. The van der Waals surface area contributed by atoms with Crippen LogP contribution >= 0.6 is 22.7 Å². The first-order valence-electron chi connectivity index (χ1n) is 6.40. The molecular formula is C14H20S2Si.